The summed E-state index contributed by atoms with van der Waals surface area (Å²) < 4.78 is 67.0. The maximum absolute atomic E-state index is 10.4. The molecule has 0 amide bonds. The number of aryl methyl sites for hydroxylation is 2. The molecule has 0 saturated heterocycles. The molecule has 0 aromatic carbocycles. The van der Waals surface area contributed by atoms with Crippen LogP contribution in [0.15, 0.2) is 49.1 Å². The molecule has 2 heterocycles. The molecule has 0 radical (unpaired) electrons. The van der Waals surface area contributed by atoms with Gasteiger partial charge in [0.1, 0.15) is 13.1 Å². The fourth-order valence-corrected chi connectivity index (χ4v) is 10.9. The number of hydrogen-bond acceptors (Lipinski definition) is 8. The van der Waals surface area contributed by atoms with E-state index in [4.69, 9.17) is 10.2 Å². The lowest BCUT2D eigenvalue weighted by Gasteiger charge is -2.06. The van der Waals surface area contributed by atoms with Gasteiger partial charge >= 0.3 is 0 Å². The molecular weight excluding hydrogens is 989 g/mol. The first-order valence-electron chi connectivity index (χ1n) is 32.0. The van der Waals surface area contributed by atoms with Crippen molar-refractivity contribution in [2.75, 3.05) is 24.7 Å². The highest BCUT2D eigenvalue weighted by atomic mass is 32.2. The Morgan fingerprint density at radius 3 is 0.684 bits per heavy atom. The topological polar surface area (TPSA) is 163 Å². The Hall–Kier alpha value is -1.96. The standard InChI is InChI=1S/C32H54N2O2.2C16H34O3S/c35-29-17-13-9-5-1-3-7-11-15-23-33-25-19-31(20-26-33)32-21-27-34(28-22-32)24-16-12-8-4-2-6-10-14-18-30-36;2*1-2-3-4-5-6-7-8-9-10-11-12-13-14-15-16-20(17,18)19/h19-22,25-28,35-36H,1-18,23-24,29-30H2;2*2-16H2,1H3,(H,17,18,19)/q+2;;/p-2. The Kier molecular flexibility index (Phi) is 54.9. The van der Waals surface area contributed by atoms with Crippen molar-refractivity contribution in [2.45, 2.75) is 322 Å². The summed E-state index contributed by atoms with van der Waals surface area (Å²) in [5, 5.41) is 17.6. The average molecular weight is 1110 g/mol. The SMILES string of the molecule is CCCCCCCCCCCCCCCCS(=O)(=O)[O-].CCCCCCCCCCCCCCCCS(=O)(=O)[O-].OCCCCCCCCCCC[n+]1ccc(-c2cc[n+](CCCCCCCCCCCO)cc2)cc1. The van der Waals surface area contributed by atoms with E-state index in [1.165, 1.54) is 255 Å². The van der Waals surface area contributed by atoms with Crippen molar-refractivity contribution in [1.82, 2.24) is 0 Å². The lowest BCUT2D eigenvalue weighted by atomic mass is 10.0. The molecule has 2 rings (SSSR count). The van der Waals surface area contributed by atoms with E-state index >= 15 is 0 Å². The van der Waals surface area contributed by atoms with E-state index in [-0.39, 0.29) is 11.5 Å². The first kappa shape index (κ1) is 74.0. The van der Waals surface area contributed by atoms with E-state index < -0.39 is 20.2 Å². The van der Waals surface area contributed by atoms with E-state index in [1.54, 1.807) is 0 Å². The lowest BCUT2D eigenvalue weighted by molar-refractivity contribution is -0.697. The summed E-state index contributed by atoms with van der Waals surface area (Å²) in [7, 11) is -7.98. The molecule has 0 fully saturated rings. The summed E-state index contributed by atoms with van der Waals surface area (Å²) in [6, 6.07) is 8.98. The van der Waals surface area contributed by atoms with Crippen molar-refractivity contribution in [1.29, 1.82) is 0 Å². The van der Waals surface area contributed by atoms with Crippen molar-refractivity contribution < 1.29 is 45.3 Å². The van der Waals surface area contributed by atoms with E-state index in [9.17, 15) is 25.9 Å². The van der Waals surface area contributed by atoms with E-state index in [0.29, 0.717) is 26.1 Å². The van der Waals surface area contributed by atoms with Crippen molar-refractivity contribution in [3.8, 4) is 11.1 Å². The lowest BCUT2D eigenvalue weighted by Crippen LogP contribution is -2.33. The number of nitrogens with zero attached hydrogens (tertiary/aromatic N) is 2. The second kappa shape index (κ2) is 56.3. The van der Waals surface area contributed by atoms with Gasteiger partial charge in [0.2, 0.25) is 0 Å². The Morgan fingerprint density at radius 1 is 0.303 bits per heavy atom. The smallest absolute Gasteiger partial charge is 0.169 e. The Balaban J connectivity index is 0.00000120. The van der Waals surface area contributed by atoms with Crippen LogP contribution in [-0.2, 0) is 33.3 Å². The third-order valence-electron chi connectivity index (χ3n) is 14.8. The van der Waals surface area contributed by atoms with Gasteiger partial charge in [-0.05, 0) is 49.7 Å². The van der Waals surface area contributed by atoms with Crippen LogP contribution < -0.4 is 9.13 Å². The molecular formula is C64H120N2O8S2. The number of aliphatic hydroxyl groups excluding tert-OH is 2. The molecule has 2 aromatic heterocycles. The first-order valence-corrected chi connectivity index (χ1v) is 35.2. The summed E-state index contributed by atoms with van der Waals surface area (Å²) in [6.45, 7) is 7.41. The Morgan fingerprint density at radius 2 is 0.487 bits per heavy atom. The number of aliphatic hydroxyl groups is 2. The zero-order valence-electron chi connectivity index (χ0n) is 49.4. The maximum atomic E-state index is 10.4. The molecule has 0 aliphatic carbocycles. The van der Waals surface area contributed by atoms with Gasteiger partial charge in [0.25, 0.3) is 0 Å². The fraction of sp³-hybridized carbons (Fsp3) is 0.844. The summed E-state index contributed by atoms with van der Waals surface area (Å²) in [5.41, 5.74) is 2.58. The molecule has 0 saturated carbocycles. The molecule has 2 aromatic rings. The zero-order valence-corrected chi connectivity index (χ0v) is 51.1. The molecule has 0 aliphatic heterocycles. The maximum Gasteiger partial charge on any atom is 0.169 e. The molecule has 0 spiro atoms. The molecule has 0 aliphatic rings. The van der Waals surface area contributed by atoms with E-state index in [1.807, 2.05) is 0 Å². The van der Waals surface area contributed by atoms with Gasteiger partial charge < -0.3 is 19.3 Å². The first-order chi connectivity index (χ1) is 37.0. The van der Waals surface area contributed by atoms with Gasteiger partial charge in [0.15, 0.2) is 24.8 Å². The zero-order chi connectivity index (χ0) is 55.7. The fourth-order valence-electron chi connectivity index (χ4n) is 9.83. The van der Waals surface area contributed by atoms with Gasteiger partial charge in [-0.15, -0.1) is 0 Å². The average Bonchev–Trinajstić information content (AvgIpc) is 3.40. The summed E-state index contributed by atoms with van der Waals surface area (Å²) in [6.07, 6.45) is 65.9. The summed E-state index contributed by atoms with van der Waals surface area (Å²) in [5.74, 6) is -0.379. The van der Waals surface area contributed by atoms with Crippen molar-refractivity contribution in [3.05, 3.63) is 49.1 Å². The number of rotatable bonds is 53. The van der Waals surface area contributed by atoms with Gasteiger partial charge in [-0.3, -0.25) is 0 Å². The monoisotopic (exact) mass is 1110 g/mol. The second-order valence-corrected chi connectivity index (χ2v) is 25.2. The third kappa shape index (κ3) is 56.7. The molecule has 76 heavy (non-hydrogen) atoms. The van der Waals surface area contributed by atoms with Crippen LogP contribution >= 0.6 is 0 Å². The van der Waals surface area contributed by atoms with Crippen LogP contribution in [0.25, 0.3) is 11.1 Å². The van der Waals surface area contributed by atoms with Crippen LogP contribution in [0.2, 0.25) is 0 Å². The van der Waals surface area contributed by atoms with Gasteiger partial charge in [0.05, 0.1) is 20.2 Å². The molecule has 10 nitrogen and oxygen atoms in total. The van der Waals surface area contributed by atoms with Gasteiger partial charge in [0, 0.05) is 61.8 Å². The normalized spacial score (nSPS) is 11.6. The quantitative estimate of drug-likeness (QED) is 0.0376. The van der Waals surface area contributed by atoms with Crippen molar-refractivity contribution in [2.24, 2.45) is 0 Å². The Labute approximate surface area is 470 Å². The minimum absolute atomic E-state index is 0.189. The predicted octanol–water partition coefficient (Wildman–Crippen LogP) is 17.0. The highest BCUT2D eigenvalue weighted by Crippen LogP contribution is 2.18. The Bertz CT molecular complexity index is 1570. The van der Waals surface area contributed by atoms with Crippen LogP contribution in [0.3, 0.4) is 0 Å². The largest absolute Gasteiger partial charge is 0.748 e. The number of aromatic nitrogens is 2. The molecule has 0 bridgehead atoms. The van der Waals surface area contributed by atoms with Gasteiger partial charge in [-0.1, -0.05) is 258 Å². The minimum Gasteiger partial charge on any atom is -0.748 e. The molecule has 2 N–H and O–H groups in total. The highest BCUT2D eigenvalue weighted by Gasteiger charge is 2.07. The van der Waals surface area contributed by atoms with Crippen LogP contribution in [0.1, 0.15) is 309 Å². The number of hydrogen-bond donors (Lipinski definition) is 2. The molecule has 0 unspecified atom stereocenters. The molecule has 12 heteroatoms. The number of unbranched alkanes of at least 4 members (excludes halogenated alkanes) is 42. The highest BCUT2D eigenvalue weighted by molar-refractivity contribution is 7.85. The van der Waals surface area contributed by atoms with Gasteiger partial charge in [-0.2, -0.15) is 0 Å². The van der Waals surface area contributed by atoms with E-state index in [0.717, 1.165) is 51.6 Å². The van der Waals surface area contributed by atoms with Crippen LogP contribution in [0.4, 0.5) is 0 Å². The second-order valence-electron chi connectivity index (χ2n) is 22.2. The number of pyridine rings is 2. The van der Waals surface area contributed by atoms with Crippen molar-refractivity contribution >= 4 is 20.2 Å². The van der Waals surface area contributed by atoms with Gasteiger partial charge in [-0.25, -0.2) is 26.0 Å². The van der Waals surface area contributed by atoms with Crippen molar-refractivity contribution in [3.63, 3.8) is 0 Å². The molecule has 0 atom stereocenters. The van der Waals surface area contributed by atoms with Crippen LogP contribution in [0, 0.1) is 0 Å². The predicted molar refractivity (Wildman–Crippen MR) is 319 cm³/mol. The third-order valence-corrected chi connectivity index (χ3v) is 16.3. The molecule has 446 valence electrons. The summed E-state index contributed by atoms with van der Waals surface area (Å²) >= 11 is 0. The minimum atomic E-state index is -3.99. The van der Waals surface area contributed by atoms with Crippen LogP contribution in [-0.4, -0.2) is 60.9 Å². The van der Waals surface area contributed by atoms with Crippen LogP contribution in [0.5, 0.6) is 0 Å². The van der Waals surface area contributed by atoms with E-state index in [2.05, 4.69) is 72.0 Å². The summed E-state index contributed by atoms with van der Waals surface area (Å²) in [4.78, 5) is 0.